The van der Waals surface area contributed by atoms with Crippen molar-refractivity contribution >= 4 is 21.6 Å². The van der Waals surface area contributed by atoms with Gasteiger partial charge in [0.2, 0.25) is 5.90 Å². The third-order valence-corrected chi connectivity index (χ3v) is 10.4. The van der Waals surface area contributed by atoms with E-state index in [9.17, 15) is 17.6 Å². The van der Waals surface area contributed by atoms with Crippen LogP contribution in [0, 0.1) is 5.82 Å². The van der Waals surface area contributed by atoms with Crippen molar-refractivity contribution in [2.24, 2.45) is 4.99 Å². The SMILES string of the molecule is O=C(NNCc1ccccc1F)[C@@]1(CCS(=O)(=O)c2ccccc2)N=C(c2ccc(OCCCO)cc2)O[C@H]1c1ccc(-c2ccccc2)cc1. The molecule has 0 saturated heterocycles. The quantitative estimate of drug-likeness (QED) is 0.0875. The van der Waals surface area contributed by atoms with Gasteiger partial charge in [-0.3, -0.25) is 10.2 Å². The number of aliphatic hydroxyl groups excluding tert-OH is 1. The number of sulfone groups is 1. The molecule has 0 unspecified atom stereocenters. The Kier molecular flexibility index (Phi) is 11.2. The van der Waals surface area contributed by atoms with Crippen molar-refractivity contribution in [2.45, 2.75) is 35.9 Å². The van der Waals surface area contributed by atoms with Crippen LogP contribution in [0.3, 0.4) is 0 Å². The maximum atomic E-state index is 14.5. The first-order valence-corrected chi connectivity index (χ1v) is 18.2. The number of nitrogens with zero attached hydrogens (tertiary/aromatic N) is 1. The average molecular weight is 708 g/mol. The maximum absolute atomic E-state index is 14.5. The number of nitrogens with one attached hydrogen (secondary N) is 2. The van der Waals surface area contributed by atoms with Crippen LogP contribution in [0.5, 0.6) is 5.75 Å². The summed E-state index contributed by atoms with van der Waals surface area (Å²) < 4.78 is 53.9. The molecule has 1 aliphatic rings. The third-order valence-electron chi connectivity index (χ3n) is 8.64. The Hall–Kier alpha value is -5.36. The predicted molar refractivity (Wildman–Crippen MR) is 193 cm³/mol. The summed E-state index contributed by atoms with van der Waals surface area (Å²) in [6.45, 7) is 0.325. The highest BCUT2D eigenvalue weighted by atomic mass is 32.2. The molecule has 3 N–H and O–H groups in total. The molecule has 1 amide bonds. The molecule has 9 nitrogen and oxygen atoms in total. The van der Waals surface area contributed by atoms with Crippen molar-refractivity contribution in [3.05, 3.63) is 156 Å². The van der Waals surface area contributed by atoms with Gasteiger partial charge in [0.1, 0.15) is 11.6 Å². The number of aliphatic imine (C=N–C) groups is 1. The predicted octanol–water partition coefficient (Wildman–Crippen LogP) is 6.20. The van der Waals surface area contributed by atoms with Gasteiger partial charge < -0.3 is 14.6 Å². The number of ether oxygens (including phenoxy) is 2. The number of hydrogen-bond donors (Lipinski definition) is 3. The lowest BCUT2D eigenvalue weighted by molar-refractivity contribution is -0.130. The van der Waals surface area contributed by atoms with E-state index in [0.717, 1.165) is 11.1 Å². The molecule has 0 radical (unpaired) electrons. The lowest BCUT2D eigenvalue weighted by atomic mass is 9.84. The lowest BCUT2D eigenvalue weighted by Gasteiger charge is -2.30. The van der Waals surface area contributed by atoms with E-state index in [0.29, 0.717) is 35.5 Å². The summed E-state index contributed by atoms with van der Waals surface area (Å²) in [5.74, 6) is -0.760. The van der Waals surface area contributed by atoms with E-state index < -0.39 is 39.0 Å². The monoisotopic (exact) mass is 707 g/mol. The minimum atomic E-state index is -3.84. The molecule has 5 aromatic carbocycles. The number of aliphatic hydroxyl groups is 1. The number of benzene rings is 5. The number of carbonyl (C=O) groups is 1. The fourth-order valence-electron chi connectivity index (χ4n) is 5.86. The zero-order valence-electron chi connectivity index (χ0n) is 27.7. The second-order valence-electron chi connectivity index (χ2n) is 12.1. The van der Waals surface area contributed by atoms with Crippen LogP contribution >= 0.6 is 0 Å². The minimum Gasteiger partial charge on any atom is -0.494 e. The summed E-state index contributed by atoms with van der Waals surface area (Å²) in [7, 11) is -3.84. The Morgan fingerprint density at radius 1 is 0.824 bits per heavy atom. The van der Waals surface area contributed by atoms with Gasteiger partial charge in [0, 0.05) is 37.1 Å². The van der Waals surface area contributed by atoms with Crippen LogP contribution in [-0.4, -0.2) is 49.8 Å². The third kappa shape index (κ3) is 8.34. The molecule has 262 valence electrons. The first-order valence-electron chi connectivity index (χ1n) is 16.6. The number of rotatable bonds is 15. The van der Waals surface area contributed by atoms with E-state index in [1.165, 1.54) is 18.2 Å². The molecule has 0 aliphatic carbocycles. The summed E-state index contributed by atoms with van der Waals surface area (Å²) in [4.78, 5) is 19.5. The standard InChI is InChI=1S/C40H38FN3O6S/c41-36-15-8-7-12-33(36)28-42-44-39(46)40(24-27-51(47,48)35-13-5-2-6-14-35)37(31-18-16-30(17-19-31)29-10-3-1-4-11-29)50-38(43-40)32-20-22-34(23-21-32)49-26-9-25-45/h1-8,10-23,37,42,45H,9,24-28H2,(H,44,46)/t37-,40-/m0/s1. The molecular formula is C40H38FN3O6S. The number of carbonyl (C=O) groups excluding carboxylic acids is 1. The van der Waals surface area contributed by atoms with Crippen molar-refractivity contribution in [3.8, 4) is 16.9 Å². The van der Waals surface area contributed by atoms with Gasteiger partial charge in [-0.15, -0.1) is 0 Å². The molecule has 11 heteroatoms. The highest BCUT2D eigenvalue weighted by Gasteiger charge is 2.53. The van der Waals surface area contributed by atoms with Gasteiger partial charge in [0.15, 0.2) is 21.5 Å². The molecule has 0 saturated carbocycles. The summed E-state index contributed by atoms with van der Waals surface area (Å²) >= 11 is 0. The molecule has 6 rings (SSSR count). The highest BCUT2D eigenvalue weighted by molar-refractivity contribution is 7.91. The first-order chi connectivity index (χ1) is 24.8. The second-order valence-corrected chi connectivity index (χ2v) is 14.2. The molecule has 0 fully saturated rings. The Balaban J connectivity index is 1.38. The zero-order valence-corrected chi connectivity index (χ0v) is 28.6. The van der Waals surface area contributed by atoms with Crippen LogP contribution in [-0.2, 0) is 25.9 Å². The molecule has 51 heavy (non-hydrogen) atoms. The van der Waals surface area contributed by atoms with Gasteiger partial charge in [-0.25, -0.2) is 23.2 Å². The van der Waals surface area contributed by atoms with Crippen molar-refractivity contribution in [3.63, 3.8) is 0 Å². The van der Waals surface area contributed by atoms with E-state index in [-0.39, 0.29) is 30.4 Å². The molecule has 0 aromatic heterocycles. The van der Waals surface area contributed by atoms with Crippen LogP contribution in [0.1, 0.15) is 35.6 Å². The average Bonchev–Trinajstić information content (AvgIpc) is 3.57. The molecule has 0 bridgehead atoms. The van der Waals surface area contributed by atoms with Crippen molar-refractivity contribution in [1.82, 2.24) is 10.9 Å². The lowest BCUT2D eigenvalue weighted by Crippen LogP contribution is -2.53. The van der Waals surface area contributed by atoms with E-state index >= 15 is 0 Å². The van der Waals surface area contributed by atoms with E-state index in [1.807, 2.05) is 54.6 Å². The topological polar surface area (TPSA) is 126 Å². The molecule has 1 aliphatic heterocycles. The van der Waals surface area contributed by atoms with Crippen LogP contribution < -0.4 is 15.6 Å². The largest absolute Gasteiger partial charge is 0.494 e. The number of hydrazine groups is 1. The van der Waals surface area contributed by atoms with Gasteiger partial charge in [-0.2, -0.15) is 0 Å². The zero-order chi connectivity index (χ0) is 35.7. The summed E-state index contributed by atoms with van der Waals surface area (Å²) in [5.41, 5.74) is 7.19. The Labute approximate surface area is 296 Å². The maximum Gasteiger partial charge on any atom is 0.266 e. The fraction of sp³-hybridized carbons (Fsp3) is 0.200. The van der Waals surface area contributed by atoms with E-state index in [1.54, 1.807) is 60.7 Å². The van der Waals surface area contributed by atoms with Crippen LogP contribution in [0.4, 0.5) is 4.39 Å². The molecule has 1 heterocycles. The first kappa shape index (κ1) is 35.5. The van der Waals surface area contributed by atoms with Gasteiger partial charge in [0.05, 0.1) is 17.3 Å². The minimum absolute atomic E-state index is 0.00965. The van der Waals surface area contributed by atoms with Gasteiger partial charge >= 0.3 is 0 Å². The summed E-state index contributed by atoms with van der Waals surface area (Å²) in [5, 5.41) is 9.10. The summed E-state index contributed by atoms with van der Waals surface area (Å²) in [6, 6.07) is 38.6. The molecule has 5 aromatic rings. The highest BCUT2D eigenvalue weighted by Crippen LogP contribution is 2.43. The van der Waals surface area contributed by atoms with Gasteiger partial charge in [0.25, 0.3) is 5.91 Å². The van der Waals surface area contributed by atoms with Crippen molar-refractivity contribution in [1.29, 1.82) is 0 Å². The Morgan fingerprint density at radius 2 is 1.45 bits per heavy atom. The second kappa shape index (κ2) is 16.1. The smallest absolute Gasteiger partial charge is 0.266 e. The van der Waals surface area contributed by atoms with E-state index in [2.05, 4.69) is 10.9 Å². The van der Waals surface area contributed by atoms with Gasteiger partial charge in [-0.1, -0.05) is 91.0 Å². The number of halogens is 1. The Morgan fingerprint density at radius 3 is 2.14 bits per heavy atom. The summed E-state index contributed by atoms with van der Waals surface area (Å²) in [6.07, 6.45) is -0.774. The van der Waals surface area contributed by atoms with Crippen molar-refractivity contribution in [2.75, 3.05) is 19.0 Å². The van der Waals surface area contributed by atoms with Crippen LogP contribution in [0.25, 0.3) is 11.1 Å². The molecule has 0 spiro atoms. The molecule has 2 atom stereocenters. The van der Waals surface area contributed by atoms with Crippen LogP contribution in [0.15, 0.2) is 143 Å². The van der Waals surface area contributed by atoms with Crippen molar-refractivity contribution < 1.29 is 32.2 Å². The van der Waals surface area contributed by atoms with Gasteiger partial charge in [-0.05, 0) is 59.2 Å². The Bertz CT molecular complexity index is 2060. The fourth-order valence-corrected chi connectivity index (χ4v) is 7.24. The van der Waals surface area contributed by atoms with E-state index in [4.69, 9.17) is 19.6 Å². The van der Waals surface area contributed by atoms with Crippen LogP contribution in [0.2, 0.25) is 0 Å². The molecular weight excluding hydrogens is 670 g/mol. The number of hydrogen-bond acceptors (Lipinski definition) is 8. The number of amides is 1. The normalized spacial score (nSPS) is 17.0.